The lowest BCUT2D eigenvalue weighted by Gasteiger charge is -2.08. The Hall–Kier alpha value is -1.45. The third kappa shape index (κ3) is 1.89. The molecule has 14 heavy (non-hydrogen) atoms. The average molecular weight is 196 g/mol. The Morgan fingerprint density at radius 3 is 2.79 bits per heavy atom. The molecule has 75 valence electrons. The normalized spacial score (nSPS) is 12.5. The second-order valence-electron chi connectivity index (χ2n) is 3.12. The molecular formula is C10H11FNO2. The van der Waals surface area contributed by atoms with Crippen molar-refractivity contribution in [3.05, 3.63) is 46.4 Å². The Labute approximate surface area is 81.7 Å². The summed E-state index contributed by atoms with van der Waals surface area (Å²) < 4.78 is 12.4. The number of aryl methyl sites for hydroxylation is 1. The van der Waals surface area contributed by atoms with Gasteiger partial charge in [-0.2, -0.15) is 0 Å². The Balaban J connectivity index is 3.28. The molecule has 0 saturated carbocycles. The SMILES string of the molecule is [CH2]C(CF)c1cccc(C)c1[N+](=O)[O-]. The minimum Gasteiger partial charge on any atom is -0.258 e. The molecule has 0 saturated heterocycles. The first-order valence-electron chi connectivity index (χ1n) is 4.21. The zero-order valence-corrected chi connectivity index (χ0v) is 7.87. The van der Waals surface area contributed by atoms with Crippen LogP contribution in [-0.4, -0.2) is 11.6 Å². The molecule has 0 heterocycles. The van der Waals surface area contributed by atoms with Gasteiger partial charge in [0.25, 0.3) is 5.69 Å². The van der Waals surface area contributed by atoms with Crippen molar-refractivity contribution in [3.8, 4) is 0 Å². The zero-order valence-electron chi connectivity index (χ0n) is 7.87. The van der Waals surface area contributed by atoms with Gasteiger partial charge >= 0.3 is 0 Å². The van der Waals surface area contributed by atoms with E-state index in [1.807, 2.05) is 0 Å². The first-order valence-corrected chi connectivity index (χ1v) is 4.21. The molecule has 4 heteroatoms. The monoisotopic (exact) mass is 196 g/mol. The largest absolute Gasteiger partial charge is 0.275 e. The summed E-state index contributed by atoms with van der Waals surface area (Å²) in [6.45, 7) is 4.47. The number of para-hydroxylation sites is 1. The van der Waals surface area contributed by atoms with E-state index in [0.29, 0.717) is 11.1 Å². The summed E-state index contributed by atoms with van der Waals surface area (Å²) in [4.78, 5) is 10.2. The van der Waals surface area contributed by atoms with E-state index < -0.39 is 17.5 Å². The zero-order chi connectivity index (χ0) is 10.7. The van der Waals surface area contributed by atoms with Crippen molar-refractivity contribution in [2.75, 3.05) is 6.67 Å². The fourth-order valence-electron chi connectivity index (χ4n) is 1.34. The van der Waals surface area contributed by atoms with Gasteiger partial charge in [0.15, 0.2) is 0 Å². The highest BCUT2D eigenvalue weighted by atomic mass is 19.1. The summed E-state index contributed by atoms with van der Waals surface area (Å²) in [5.41, 5.74) is 0.872. The van der Waals surface area contributed by atoms with Gasteiger partial charge in [-0.25, -0.2) is 0 Å². The minimum atomic E-state index is -0.690. The van der Waals surface area contributed by atoms with Crippen molar-refractivity contribution in [1.82, 2.24) is 0 Å². The third-order valence-electron chi connectivity index (χ3n) is 2.08. The van der Waals surface area contributed by atoms with Gasteiger partial charge in [-0.3, -0.25) is 14.5 Å². The molecular weight excluding hydrogens is 185 g/mol. The molecule has 1 rings (SSSR count). The first-order chi connectivity index (χ1) is 6.57. The predicted molar refractivity (Wildman–Crippen MR) is 51.9 cm³/mol. The highest BCUT2D eigenvalue weighted by molar-refractivity contribution is 5.49. The molecule has 0 aliphatic heterocycles. The van der Waals surface area contributed by atoms with Gasteiger partial charge < -0.3 is 0 Å². The maximum absolute atomic E-state index is 12.4. The van der Waals surface area contributed by atoms with Crippen LogP contribution in [0.1, 0.15) is 17.0 Å². The molecule has 0 aliphatic carbocycles. The highest BCUT2D eigenvalue weighted by Gasteiger charge is 2.20. The van der Waals surface area contributed by atoms with E-state index in [9.17, 15) is 14.5 Å². The molecule has 0 amide bonds. The van der Waals surface area contributed by atoms with Crippen LogP contribution in [0.2, 0.25) is 0 Å². The lowest BCUT2D eigenvalue weighted by molar-refractivity contribution is -0.386. The van der Waals surface area contributed by atoms with Gasteiger partial charge in [-0.05, 0) is 13.8 Å². The lowest BCUT2D eigenvalue weighted by Crippen LogP contribution is -2.03. The van der Waals surface area contributed by atoms with E-state index in [1.54, 1.807) is 25.1 Å². The molecule has 1 unspecified atom stereocenters. The maximum atomic E-state index is 12.4. The van der Waals surface area contributed by atoms with Gasteiger partial charge in [0.05, 0.1) is 11.6 Å². The summed E-state index contributed by atoms with van der Waals surface area (Å²) in [7, 11) is 0. The van der Waals surface area contributed by atoms with Crippen molar-refractivity contribution in [1.29, 1.82) is 0 Å². The molecule has 1 aromatic carbocycles. The number of hydrogen-bond donors (Lipinski definition) is 0. The number of alkyl halides is 1. The average Bonchev–Trinajstić information content (AvgIpc) is 2.15. The van der Waals surface area contributed by atoms with Gasteiger partial charge in [0.1, 0.15) is 0 Å². The van der Waals surface area contributed by atoms with E-state index in [-0.39, 0.29) is 5.69 Å². The van der Waals surface area contributed by atoms with Crippen LogP contribution in [0.15, 0.2) is 18.2 Å². The van der Waals surface area contributed by atoms with E-state index in [1.165, 1.54) is 0 Å². The second kappa shape index (κ2) is 4.17. The Bertz CT molecular complexity index is 352. The van der Waals surface area contributed by atoms with Crippen molar-refractivity contribution in [3.63, 3.8) is 0 Å². The molecule has 0 aliphatic rings. The molecule has 1 radical (unpaired) electrons. The fraction of sp³-hybridized carbons (Fsp3) is 0.300. The number of nitro groups is 1. The summed E-state index contributed by atoms with van der Waals surface area (Å²) in [5, 5.41) is 10.7. The number of nitrogens with zero attached hydrogens (tertiary/aromatic N) is 1. The first kappa shape index (κ1) is 10.6. The van der Waals surface area contributed by atoms with Crippen LogP contribution in [0.4, 0.5) is 10.1 Å². The summed E-state index contributed by atoms with van der Waals surface area (Å²) in [5.74, 6) is -0.671. The van der Waals surface area contributed by atoms with Crippen LogP contribution >= 0.6 is 0 Å². The van der Waals surface area contributed by atoms with Crippen LogP contribution in [-0.2, 0) is 0 Å². The molecule has 0 N–H and O–H groups in total. The Morgan fingerprint density at radius 2 is 2.29 bits per heavy atom. The van der Waals surface area contributed by atoms with Crippen molar-refractivity contribution >= 4 is 5.69 Å². The van der Waals surface area contributed by atoms with Crippen LogP contribution < -0.4 is 0 Å². The molecule has 0 aromatic heterocycles. The van der Waals surface area contributed by atoms with Gasteiger partial charge in [0, 0.05) is 17.0 Å². The topological polar surface area (TPSA) is 43.1 Å². The standard InChI is InChI=1S/C10H11FNO2/c1-7-4-3-5-9(8(2)6-11)10(7)12(13)14/h3-5,8H,2,6H2,1H3. The number of hydrogen-bond acceptors (Lipinski definition) is 2. The fourth-order valence-corrected chi connectivity index (χ4v) is 1.34. The van der Waals surface area contributed by atoms with E-state index in [0.717, 1.165) is 0 Å². The van der Waals surface area contributed by atoms with Crippen LogP contribution in [0.3, 0.4) is 0 Å². The van der Waals surface area contributed by atoms with E-state index in [4.69, 9.17) is 0 Å². The lowest BCUT2D eigenvalue weighted by atomic mass is 9.98. The minimum absolute atomic E-state index is 0.0230. The van der Waals surface area contributed by atoms with Crippen LogP contribution in [0, 0.1) is 24.0 Å². The molecule has 0 fully saturated rings. The highest BCUT2D eigenvalue weighted by Crippen LogP contribution is 2.29. The summed E-state index contributed by atoms with van der Waals surface area (Å²) in [6, 6.07) is 4.85. The Kier molecular flexibility index (Phi) is 3.17. The third-order valence-corrected chi connectivity index (χ3v) is 2.08. The predicted octanol–water partition coefficient (Wildman–Crippen LogP) is 2.79. The Morgan fingerprint density at radius 1 is 1.64 bits per heavy atom. The van der Waals surface area contributed by atoms with Gasteiger partial charge in [-0.15, -0.1) is 0 Å². The molecule has 3 nitrogen and oxygen atoms in total. The molecule has 1 aromatic rings. The number of benzene rings is 1. The number of halogens is 1. The van der Waals surface area contributed by atoms with Gasteiger partial charge in [-0.1, -0.05) is 18.2 Å². The van der Waals surface area contributed by atoms with Crippen LogP contribution in [0.25, 0.3) is 0 Å². The van der Waals surface area contributed by atoms with Crippen molar-refractivity contribution in [2.24, 2.45) is 0 Å². The maximum Gasteiger partial charge on any atom is 0.275 e. The van der Waals surface area contributed by atoms with Crippen molar-refractivity contribution < 1.29 is 9.31 Å². The van der Waals surface area contributed by atoms with Gasteiger partial charge in [0.2, 0.25) is 0 Å². The molecule has 0 spiro atoms. The smallest absolute Gasteiger partial charge is 0.258 e. The quantitative estimate of drug-likeness (QED) is 0.551. The molecule has 1 atom stereocenters. The summed E-state index contributed by atoms with van der Waals surface area (Å²) in [6.07, 6.45) is 0. The van der Waals surface area contributed by atoms with Crippen molar-refractivity contribution in [2.45, 2.75) is 12.8 Å². The van der Waals surface area contributed by atoms with E-state index >= 15 is 0 Å². The second-order valence-corrected chi connectivity index (χ2v) is 3.12. The molecule has 0 bridgehead atoms. The summed E-state index contributed by atoms with van der Waals surface area (Å²) >= 11 is 0. The number of rotatable bonds is 3. The van der Waals surface area contributed by atoms with Crippen LogP contribution in [0.5, 0.6) is 0 Å². The number of nitro benzene ring substituents is 1. The van der Waals surface area contributed by atoms with E-state index in [2.05, 4.69) is 6.92 Å².